The van der Waals surface area contributed by atoms with Crippen LogP contribution in [0.3, 0.4) is 0 Å². The zero-order valence-corrected chi connectivity index (χ0v) is 20.1. The van der Waals surface area contributed by atoms with Crippen molar-refractivity contribution in [3.8, 4) is 5.88 Å². The molecule has 1 amide bonds. The standard InChI is InChI=1S/C24H27BrN4O3/c1-23(2)10-16-11-24(3,12-23)13-28(16)14-29-18-7-6-15(25)9-17(18)20(22(29)31)26-27-21(30)19-5-4-8-32-19/h4-9,16,31H,10-14H2,1-3H3. The SMILES string of the molecule is CC1(C)CC2CC(C)(CN2Cn2c(O)c(N=NC(=O)c3ccco3)c3cc(Br)ccc32)C1. The van der Waals surface area contributed by atoms with Crippen LogP contribution in [0.5, 0.6) is 5.88 Å². The summed E-state index contributed by atoms with van der Waals surface area (Å²) in [5.41, 5.74) is 1.77. The number of likely N-dealkylation sites (tertiary alicyclic amines) is 1. The number of rotatable bonds is 4. The molecular formula is C24H27BrN4O3. The third-order valence-corrected chi connectivity index (χ3v) is 7.28. The first-order valence-corrected chi connectivity index (χ1v) is 11.7. The van der Waals surface area contributed by atoms with Crippen molar-refractivity contribution >= 4 is 38.4 Å². The lowest BCUT2D eigenvalue weighted by atomic mass is 9.65. The molecule has 2 bridgehead atoms. The van der Waals surface area contributed by atoms with Gasteiger partial charge in [0.15, 0.2) is 11.4 Å². The van der Waals surface area contributed by atoms with E-state index >= 15 is 0 Å². The molecular weight excluding hydrogens is 472 g/mol. The van der Waals surface area contributed by atoms with Gasteiger partial charge in [0.25, 0.3) is 0 Å². The summed E-state index contributed by atoms with van der Waals surface area (Å²) in [5, 5.41) is 19.8. The van der Waals surface area contributed by atoms with Crippen molar-refractivity contribution in [2.24, 2.45) is 21.1 Å². The van der Waals surface area contributed by atoms with Gasteiger partial charge in [0.05, 0.1) is 18.4 Å². The molecule has 7 nitrogen and oxygen atoms in total. The summed E-state index contributed by atoms with van der Waals surface area (Å²) in [5.74, 6) is -0.466. The first-order valence-electron chi connectivity index (χ1n) is 10.9. The number of fused-ring (bicyclic) bond motifs is 3. The number of furan rings is 1. The molecule has 0 spiro atoms. The van der Waals surface area contributed by atoms with E-state index in [1.54, 1.807) is 6.07 Å². The van der Waals surface area contributed by atoms with Gasteiger partial charge >= 0.3 is 5.91 Å². The maximum atomic E-state index is 12.2. The number of nitrogens with zero attached hydrogens (tertiary/aromatic N) is 4. The Morgan fingerprint density at radius 1 is 1.28 bits per heavy atom. The van der Waals surface area contributed by atoms with Gasteiger partial charge in [-0.05, 0) is 60.4 Å². The topological polar surface area (TPSA) is 83.3 Å². The highest BCUT2D eigenvalue weighted by Gasteiger charge is 2.49. The van der Waals surface area contributed by atoms with Gasteiger partial charge in [-0.25, -0.2) is 0 Å². The highest BCUT2D eigenvalue weighted by atomic mass is 79.9. The number of hydrogen-bond acceptors (Lipinski definition) is 5. The van der Waals surface area contributed by atoms with Gasteiger partial charge in [-0.3, -0.25) is 14.3 Å². The van der Waals surface area contributed by atoms with Crippen LogP contribution in [-0.4, -0.2) is 33.1 Å². The van der Waals surface area contributed by atoms with Crippen molar-refractivity contribution in [2.45, 2.75) is 52.7 Å². The van der Waals surface area contributed by atoms with E-state index in [0.29, 0.717) is 23.5 Å². The summed E-state index contributed by atoms with van der Waals surface area (Å²) in [7, 11) is 0. The minimum absolute atomic E-state index is 0.0138. The van der Waals surface area contributed by atoms with Crippen LogP contribution in [0, 0.1) is 10.8 Å². The summed E-state index contributed by atoms with van der Waals surface area (Å²) in [4.78, 5) is 14.7. The van der Waals surface area contributed by atoms with Crippen LogP contribution in [-0.2, 0) is 6.67 Å². The quantitative estimate of drug-likeness (QED) is 0.416. The number of benzene rings is 1. The van der Waals surface area contributed by atoms with Crippen LogP contribution in [0.2, 0.25) is 0 Å². The molecule has 1 aliphatic carbocycles. The largest absolute Gasteiger partial charge is 0.493 e. The fourth-order valence-electron chi connectivity index (χ4n) is 6.01. The van der Waals surface area contributed by atoms with E-state index in [0.717, 1.165) is 28.3 Å². The Labute approximate surface area is 195 Å². The van der Waals surface area contributed by atoms with Crippen LogP contribution in [0.1, 0.15) is 50.6 Å². The average Bonchev–Trinajstić information content (AvgIpc) is 3.37. The number of azo groups is 1. The Kier molecular flexibility index (Phi) is 5.05. The zero-order chi connectivity index (χ0) is 22.7. The molecule has 8 heteroatoms. The summed E-state index contributed by atoms with van der Waals surface area (Å²) in [6.45, 7) is 8.67. The molecule has 2 aromatic heterocycles. The van der Waals surface area contributed by atoms with Gasteiger partial charge in [-0.15, -0.1) is 10.2 Å². The second-order valence-electron chi connectivity index (χ2n) is 10.3. The lowest BCUT2D eigenvalue weighted by molar-refractivity contribution is 0.0968. The number of carbonyl (C=O) groups is 1. The minimum Gasteiger partial charge on any atom is -0.493 e. The number of hydrogen-bond donors (Lipinski definition) is 1. The molecule has 1 saturated heterocycles. The molecule has 2 fully saturated rings. The summed E-state index contributed by atoms with van der Waals surface area (Å²) >= 11 is 3.50. The smallest absolute Gasteiger partial charge is 0.331 e. The molecule has 1 saturated carbocycles. The van der Waals surface area contributed by atoms with E-state index in [-0.39, 0.29) is 17.3 Å². The molecule has 0 radical (unpaired) electrons. The van der Waals surface area contributed by atoms with Crippen molar-refractivity contribution in [1.29, 1.82) is 0 Å². The van der Waals surface area contributed by atoms with E-state index in [9.17, 15) is 9.90 Å². The highest BCUT2D eigenvalue weighted by Crippen LogP contribution is 2.53. The number of amides is 1. The van der Waals surface area contributed by atoms with Gasteiger partial charge < -0.3 is 9.52 Å². The molecule has 2 atom stereocenters. The fraction of sp³-hybridized carbons (Fsp3) is 0.458. The number of carbonyl (C=O) groups excluding carboxylic acids is 1. The third kappa shape index (κ3) is 3.79. The van der Waals surface area contributed by atoms with Crippen LogP contribution in [0.15, 0.2) is 55.7 Å². The Balaban J connectivity index is 1.50. The molecule has 3 heterocycles. The Morgan fingerprint density at radius 3 is 2.84 bits per heavy atom. The Bertz CT molecular complexity index is 1210. The van der Waals surface area contributed by atoms with Crippen LogP contribution >= 0.6 is 15.9 Å². The summed E-state index contributed by atoms with van der Waals surface area (Å²) in [6.07, 6.45) is 4.97. The van der Waals surface area contributed by atoms with Crippen molar-refractivity contribution in [3.63, 3.8) is 0 Å². The zero-order valence-electron chi connectivity index (χ0n) is 18.5. The molecule has 32 heavy (non-hydrogen) atoms. The van der Waals surface area contributed by atoms with Gasteiger partial charge in [-0.1, -0.05) is 36.7 Å². The van der Waals surface area contributed by atoms with Crippen LogP contribution in [0.25, 0.3) is 10.9 Å². The van der Waals surface area contributed by atoms with Gasteiger partial charge in [0.1, 0.15) is 0 Å². The summed E-state index contributed by atoms with van der Waals surface area (Å²) < 4.78 is 7.84. The van der Waals surface area contributed by atoms with Crippen LogP contribution < -0.4 is 0 Å². The lowest BCUT2D eigenvalue weighted by Gasteiger charge is -2.40. The van der Waals surface area contributed by atoms with Gasteiger partial charge in [0, 0.05) is 22.4 Å². The molecule has 5 rings (SSSR count). The van der Waals surface area contributed by atoms with E-state index in [2.05, 4.69) is 51.8 Å². The molecule has 1 aromatic carbocycles. The van der Waals surface area contributed by atoms with Crippen LogP contribution in [0.4, 0.5) is 5.69 Å². The molecule has 1 N–H and O–H groups in total. The minimum atomic E-state index is -0.589. The number of aromatic hydroxyl groups is 1. The highest BCUT2D eigenvalue weighted by molar-refractivity contribution is 9.10. The molecule has 2 unspecified atom stereocenters. The monoisotopic (exact) mass is 498 g/mol. The summed E-state index contributed by atoms with van der Waals surface area (Å²) in [6, 6.07) is 9.44. The molecule has 168 valence electrons. The maximum absolute atomic E-state index is 12.2. The first kappa shape index (κ1) is 21.4. The van der Waals surface area contributed by atoms with Crippen molar-refractivity contribution < 1.29 is 14.3 Å². The van der Waals surface area contributed by atoms with Gasteiger partial charge in [0.2, 0.25) is 5.88 Å². The van der Waals surface area contributed by atoms with E-state index < -0.39 is 5.91 Å². The Hall–Kier alpha value is -2.45. The van der Waals surface area contributed by atoms with E-state index in [4.69, 9.17) is 4.42 Å². The second kappa shape index (κ2) is 7.56. The van der Waals surface area contributed by atoms with Crippen molar-refractivity contribution in [3.05, 3.63) is 46.8 Å². The predicted octanol–water partition coefficient (Wildman–Crippen LogP) is 6.48. The van der Waals surface area contributed by atoms with Crippen molar-refractivity contribution in [1.82, 2.24) is 9.47 Å². The Morgan fingerprint density at radius 2 is 2.09 bits per heavy atom. The lowest BCUT2D eigenvalue weighted by Crippen LogP contribution is -2.35. The number of halogens is 1. The average molecular weight is 499 g/mol. The van der Waals surface area contributed by atoms with E-state index in [1.807, 2.05) is 22.8 Å². The van der Waals surface area contributed by atoms with Crippen molar-refractivity contribution in [2.75, 3.05) is 6.54 Å². The second-order valence-corrected chi connectivity index (χ2v) is 11.3. The fourth-order valence-corrected chi connectivity index (χ4v) is 6.37. The normalized spacial score (nSPS) is 25.2. The predicted molar refractivity (Wildman–Crippen MR) is 125 cm³/mol. The molecule has 1 aliphatic heterocycles. The first-order chi connectivity index (χ1) is 15.1. The number of aromatic nitrogens is 1. The third-order valence-electron chi connectivity index (χ3n) is 6.79. The molecule has 3 aromatic rings. The van der Waals surface area contributed by atoms with Gasteiger partial charge in [-0.2, -0.15) is 0 Å². The van der Waals surface area contributed by atoms with E-state index in [1.165, 1.54) is 25.2 Å². The molecule has 2 aliphatic rings. The maximum Gasteiger partial charge on any atom is 0.331 e.